The molecule has 7 nitrogen and oxygen atoms in total. The van der Waals surface area contributed by atoms with Gasteiger partial charge in [0.2, 0.25) is 0 Å². The van der Waals surface area contributed by atoms with Crippen LogP contribution >= 0.6 is 24.0 Å². The van der Waals surface area contributed by atoms with Gasteiger partial charge in [-0.25, -0.2) is 4.98 Å². The molecule has 1 aliphatic heterocycles. The van der Waals surface area contributed by atoms with Gasteiger partial charge in [0.1, 0.15) is 5.76 Å². The van der Waals surface area contributed by atoms with E-state index in [1.807, 2.05) is 25.6 Å². The molecule has 1 atom stereocenters. The molecule has 0 spiro atoms. The molecule has 4 rings (SSSR count). The molecule has 1 saturated heterocycles. The fourth-order valence-corrected chi connectivity index (χ4v) is 4.07. The summed E-state index contributed by atoms with van der Waals surface area (Å²) in [7, 11) is 1.81. The second kappa shape index (κ2) is 12.6. The van der Waals surface area contributed by atoms with E-state index in [-0.39, 0.29) is 30.0 Å². The lowest BCUT2D eigenvalue weighted by atomic mass is 10.1. The van der Waals surface area contributed by atoms with Gasteiger partial charge in [0.15, 0.2) is 5.96 Å². The van der Waals surface area contributed by atoms with Crippen LogP contribution in [-0.2, 0) is 13.1 Å². The van der Waals surface area contributed by atoms with Crippen LogP contribution in [0.2, 0.25) is 0 Å². The number of hydrogen-bond donors (Lipinski definition) is 2. The maximum Gasteiger partial charge on any atom is 0.191 e. The Kier molecular flexibility index (Phi) is 9.61. The molecular formula is C24H33IN6O. The minimum Gasteiger partial charge on any atom is -0.468 e. The third-order valence-corrected chi connectivity index (χ3v) is 5.80. The summed E-state index contributed by atoms with van der Waals surface area (Å²) in [5.74, 6) is 1.81. The molecule has 1 aromatic carbocycles. The summed E-state index contributed by atoms with van der Waals surface area (Å²) >= 11 is 0. The molecule has 0 amide bonds. The fraction of sp³-hybridized carbons (Fsp3) is 0.417. The van der Waals surface area contributed by atoms with Gasteiger partial charge in [0.25, 0.3) is 0 Å². The zero-order valence-electron chi connectivity index (χ0n) is 18.6. The van der Waals surface area contributed by atoms with Crippen molar-refractivity contribution >= 4 is 29.9 Å². The van der Waals surface area contributed by atoms with Crippen molar-refractivity contribution in [2.45, 2.75) is 38.4 Å². The van der Waals surface area contributed by atoms with Crippen molar-refractivity contribution in [3.8, 4) is 0 Å². The first-order valence-corrected chi connectivity index (χ1v) is 11.1. The number of guanidine groups is 1. The van der Waals surface area contributed by atoms with Crippen LogP contribution in [0.1, 0.15) is 42.2 Å². The number of benzene rings is 1. The average molecular weight is 548 g/mol. The first-order chi connectivity index (χ1) is 15.3. The van der Waals surface area contributed by atoms with Crippen LogP contribution in [0.4, 0.5) is 0 Å². The highest BCUT2D eigenvalue weighted by Crippen LogP contribution is 2.24. The number of aliphatic imine (C=N–C) groups is 1. The van der Waals surface area contributed by atoms with E-state index in [2.05, 4.69) is 60.4 Å². The Labute approximate surface area is 207 Å². The second-order valence-corrected chi connectivity index (χ2v) is 7.99. The number of furan rings is 1. The number of likely N-dealkylation sites (tertiary alicyclic amines) is 1. The summed E-state index contributed by atoms with van der Waals surface area (Å²) in [6.07, 6.45) is 11.2. The number of aromatic nitrogens is 2. The van der Waals surface area contributed by atoms with Gasteiger partial charge in [-0.3, -0.25) is 9.89 Å². The molecule has 32 heavy (non-hydrogen) atoms. The zero-order chi connectivity index (χ0) is 21.3. The van der Waals surface area contributed by atoms with E-state index >= 15 is 0 Å². The minimum absolute atomic E-state index is 0. The summed E-state index contributed by atoms with van der Waals surface area (Å²) in [4.78, 5) is 11.0. The van der Waals surface area contributed by atoms with Crippen molar-refractivity contribution in [1.29, 1.82) is 0 Å². The molecule has 172 valence electrons. The topological polar surface area (TPSA) is 70.6 Å². The largest absolute Gasteiger partial charge is 0.468 e. The maximum atomic E-state index is 5.75. The summed E-state index contributed by atoms with van der Waals surface area (Å²) in [6, 6.07) is 12.9. The van der Waals surface area contributed by atoms with E-state index in [0.717, 1.165) is 44.4 Å². The molecule has 1 unspecified atom stereocenters. The SMILES string of the molecule is CN=C(NCc1ccc(Cn2ccnc2)cc1)NCC(c1ccco1)N1CCCCC1.I. The Morgan fingerprint density at radius 3 is 2.53 bits per heavy atom. The Hall–Kier alpha value is -2.33. The van der Waals surface area contributed by atoms with Crippen LogP contribution < -0.4 is 10.6 Å². The third kappa shape index (κ3) is 6.83. The van der Waals surface area contributed by atoms with E-state index in [0.29, 0.717) is 0 Å². The lowest BCUT2D eigenvalue weighted by Gasteiger charge is -2.33. The minimum atomic E-state index is 0. The number of imidazole rings is 1. The number of rotatable bonds is 8. The van der Waals surface area contributed by atoms with Crippen LogP contribution in [0, 0.1) is 0 Å². The molecule has 8 heteroatoms. The Morgan fingerprint density at radius 2 is 1.88 bits per heavy atom. The molecular weight excluding hydrogens is 515 g/mol. The molecule has 2 aromatic heterocycles. The first-order valence-electron chi connectivity index (χ1n) is 11.1. The van der Waals surface area contributed by atoms with Crippen molar-refractivity contribution in [2.75, 3.05) is 26.7 Å². The van der Waals surface area contributed by atoms with Crippen LogP contribution in [0.25, 0.3) is 0 Å². The van der Waals surface area contributed by atoms with Crippen LogP contribution in [0.3, 0.4) is 0 Å². The first kappa shape index (κ1) is 24.3. The Bertz CT molecular complexity index is 918. The van der Waals surface area contributed by atoms with Crippen molar-refractivity contribution in [3.63, 3.8) is 0 Å². The van der Waals surface area contributed by atoms with Crippen molar-refractivity contribution in [2.24, 2.45) is 4.99 Å². The zero-order valence-corrected chi connectivity index (χ0v) is 20.9. The van der Waals surface area contributed by atoms with Crippen molar-refractivity contribution in [3.05, 3.63) is 78.3 Å². The predicted molar refractivity (Wildman–Crippen MR) is 138 cm³/mol. The van der Waals surface area contributed by atoms with E-state index in [1.165, 1.54) is 30.4 Å². The van der Waals surface area contributed by atoms with Gasteiger partial charge in [-0.05, 0) is 49.2 Å². The van der Waals surface area contributed by atoms with Gasteiger partial charge in [-0.2, -0.15) is 0 Å². The van der Waals surface area contributed by atoms with Crippen LogP contribution in [-0.4, -0.2) is 47.1 Å². The Balaban J connectivity index is 0.00000289. The van der Waals surface area contributed by atoms with Gasteiger partial charge >= 0.3 is 0 Å². The highest BCUT2D eigenvalue weighted by molar-refractivity contribution is 14.0. The Morgan fingerprint density at radius 1 is 1.09 bits per heavy atom. The maximum absolute atomic E-state index is 5.75. The molecule has 0 bridgehead atoms. The quantitative estimate of drug-likeness (QED) is 0.253. The fourth-order valence-electron chi connectivity index (χ4n) is 4.07. The molecule has 1 fully saturated rings. The van der Waals surface area contributed by atoms with Gasteiger partial charge in [-0.1, -0.05) is 30.7 Å². The van der Waals surface area contributed by atoms with E-state index in [1.54, 1.807) is 12.5 Å². The van der Waals surface area contributed by atoms with Crippen molar-refractivity contribution in [1.82, 2.24) is 25.1 Å². The molecule has 2 N–H and O–H groups in total. The molecule has 0 saturated carbocycles. The lowest BCUT2D eigenvalue weighted by molar-refractivity contribution is 0.146. The van der Waals surface area contributed by atoms with Crippen LogP contribution in [0.15, 0.2) is 70.8 Å². The van der Waals surface area contributed by atoms with Gasteiger partial charge in [0, 0.05) is 39.1 Å². The number of nitrogens with zero attached hydrogens (tertiary/aromatic N) is 4. The number of piperidine rings is 1. The van der Waals surface area contributed by atoms with Crippen molar-refractivity contribution < 1.29 is 4.42 Å². The van der Waals surface area contributed by atoms with E-state index in [9.17, 15) is 0 Å². The molecule has 1 aliphatic rings. The highest BCUT2D eigenvalue weighted by atomic mass is 127. The molecule has 0 aliphatic carbocycles. The predicted octanol–water partition coefficient (Wildman–Crippen LogP) is 4.03. The van der Waals surface area contributed by atoms with E-state index < -0.39 is 0 Å². The molecule has 3 aromatic rings. The second-order valence-electron chi connectivity index (χ2n) is 7.99. The summed E-state index contributed by atoms with van der Waals surface area (Å²) in [6.45, 7) is 4.55. The monoisotopic (exact) mass is 548 g/mol. The number of nitrogens with one attached hydrogen (secondary N) is 2. The van der Waals surface area contributed by atoms with Gasteiger partial charge in [0.05, 0.1) is 18.6 Å². The average Bonchev–Trinajstić information content (AvgIpc) is 3.52. The third-order valence-electron chi connectivity index (χ3n) is 5.80. The lowest BCUT2D eigenvalue weighted by Crippen LogP contribution is -2.44. The van der Waals surface area contributed by atoms with Crippen LogP contribution in [0.5, 0.6) is 0 Å². The number of halogens is 1. The summed E-state index contributed by atoms with van der Waals surface area (Å²) < 4.78 is 7.81. The summed E-state index contributed by atoms with van der Waals surface area (Å²) in [5, 5.41) is 6.92. The highest BCUT2D eigenvalue weighted by Gasteiger charge is 2.24. The normalized spacial score (nSPS) is 15.7. The van der Waals surface area contributed by atoms with Gasteiger partial charge < -0.3 is 19.6 Å². The summed E-state index contributed by atoms with van der Waals surface area (Å²) in [5.41, 5.74) is 2.48. The standard InChI is InChI=1S/C24H32N6O.HI/c1-25-24(27-16-20-7-9-21(10-8-20)18-29-14-11-26-19-29)28-17-22(23-6-5-15-31-23)30-12-3-2-4-13-30;/h5-11,14-15,19,22H,2-4,12-13,16-18H2,1H3,(H2,25,27,28);1H. The number of hydrogen-bond acceptors (Lipinski definition) is 4. The van der Waals surface area contributed by atoms with E-state index in [4.69, 9.17) is 4.42 Å². The molecule has 0 radical (unpaired) electrons. The smallest absolute Gasteiger partial charge is 0.191 e. The van der Waals surface area contributed by atoms with Gasteiger partial charge in [-0.15, -0.1) is 24.0 Å². The molecule has 3 heterocycles.